The van der Waals surface area contributed by atoms with E-state index < -0.39 is 0 Å². The molecule has 1 aromatic carbocycles. The molecule has 2 rings (SSSR count). The van der Waals surface area contributed by atoms with Crippen LogP contribution in [0.3, 0.4) is 0 Å². The Morgan fingerprint density at radius 2 is 2.14 bits per heavy atom. The monoisotopic (exact) mass is 191 g/mol. The van der Waals surface area contributed by atoms with E-state index in [1.54, 1.807) is 0 Å². The largest absolute Gasteiger partial charge is 0.508 e. The van der Waals surface area contributed by atoms with E-state index in [2.05, 4.69) is 25.2 Å². The third-order valence-corrected chi connectivity index (χ3v) is 2.92. The first kappa shape index (κ1) is 9.53. The van der Waals surface area contributed by atoms with Gasteiger partial charge in [0.1, 0.15) is 5.75 Å². The minimum atomic E-state index is 0.369. The highest BCUT2D eigenvalue weighted by Crippen LogP contribution is 2.32. The van der Waals surface area contributed by atoms with Gasteiger partial charge in [0.15, 0.2) is 0 Å². The van der Waals surface area contributed by atoms with Crippen LogP contribution >= 0.6 is 0 Å². The van der Waals surface area contributed by atoms with Crippen molar-refractivity contribution in [2.45, 2.75) is 32.2 Å². The van der Waals surface area contributed by atoms with Gasteiger partial charge < -0.3 is 10.4 Å². The molecule has 1 unspecified atom stereocenters. The molecule has 2 nitrogen and oxygen atoms in total. The van der Waals surface area contributed by atoms with Gasteiger partial charge in [-0.1, -0.05) is 26.0 Å². The molecule has 1 saturated heterocycles. The van der Waals surface area contributed by atoms with E-state index in [-0.39, 0.29) is 0 Å². The number of benzene rings is 1. The van der Waals surface area contributed by atoms with Gasteiger partial charge in [-0.15, -0.1) is 0 Å². The Balaban J connectivity index is 2.31. The first-order valence-corrected chi connectivity index (χ1v) is 5.24. The van der Waals surface area contributed by atoms with Gasteiger partial charge in [0, 0.05) is 11.6 Å². The van der Waals surface area contributed by atoms with Crippen molar-refractivity contribution in [1.82, 2.24) is 5.32 Å². The smallest absolute Gasteiger partial charge is 0.120 e. The normalized spacial score (nSPS) is 20.9. The van der Waals surface area contributed by atoms with Gasteiger partial charge in [0.2, 0.25) is 0 Å². The van der Waals surface area contributed by atoms with Crippen LogP contribution in [0, 0.1) is 0 Å². The Kier molecular flexibility index (Phi) is 2.46. The molecule has 0 spiro atoms. The second kappa shape index (κ2) is 3.62. The molecule has 0 aromatic heterocycles. The lowest BCUT2D eigenvalue weighted by atomic mass is 9.92. The molecule has 0 aliphatic carbocycles. The van der Waals surface area contributed by atoms with Crippen LogP contribution in [-0.4, -0.2) is 11.7 Å². The van der Waals surface area contributed by atoms with Crippen molar-refractivity contribution in [3.05, 3.63) is 29.3 Å². The lowest BCUT2D eigenvalue weighted by Gasteiger charge is -2.29. The van der Waals surface area contributed by atoms with Crippen molar-refractivity contribution in [3.63, 3.8) is 0 Å². The molecule has 1 atom stereocenters. The summed E-state index contributed by atoms with van der Waals surface area (Å²) in [5, 5.41) is 13.0. The quantitative estimate of drug-likeness (QED) is 0.753. The standard InChI is InChI=1S/C12H17NO/c1-8(2)9-3-4-12(14)10(7-9)11-5-6-13-11/h3-4,7-8,11,13-14H,5-6H2,1-2H3. The summed E-state index contributed by atoms with van der Waals surface area (Å²) in [6, 6.07) is 6.30. The summed E-state index contributed by atoms with van der Waals surface area (Å²) in [4.78, 5) is 0. The third kappa shape index (κ3) is 1.62. The van der Waals surface area contributed by atoms with Crippen molar-refractivity contribution in [1.29, 1.82) is 0 Å². The zero-order valence-corrected chi connectivity index (χ0v) is 8.75. The molecular formula is C12H17NO. The van der Waals surface area contributed by atoms with Crippen LogP contribution in [0.5, 0.6) is 5.75 Å². The molecule has 76 valence electrons. The molecule has 0 saturated carbocycles. The Hall–Kier alpha value is -1.02. The van der Waals surface area contributed by atoms with Crippen molar-refractivity contribution in [2.75, 3.05) is 6.54 Å². The van der Waals surface area contributed by atoms with E-state index in [9.17, 15) is 5.11 Å². The van der Waals surface area contributed by atoms with Crippen molar-refractivity contribution in [3.8, 4) is 5.75 Å². The maximum atomic E-state index is 9.71. The van der Waals surface area contributed by atoms with Gasteiger partial charge in [0.05, 0.1) is 0 Å². The molecule has 0 amide bonds. The van der Waals surface area contributed by atoms with Crippen LogP contribution in [-0.2, 0) is 0 Å². The molecule has 2 heteroatoms. The van der Waals surface area contributed by atoms with Crippen LogP contribution in [0.25, 0.3) is 0 Å². The number of hydrogen-bond donors (Lipinski definition) is 2. The molecule has 14 heavy (non-hydrogen) atoms. The summed E-state index contributed by atoms with van der Waals surface area (Å²) in [7, 11) is 0. The Morgan fingerprint density at radius 1 is 1.43 bits per heavy atom. The molecular weight excluding hydrogens is 174 g/mol. The number of phenolic OH excluding ortho intramolecular Hbond substituents is 1. The average molecular weight is 191 g/mol. The van der Waals surface area contributed by atoms with E-state index in [1.165, 1.54) is 5.56 Å². The van der Waals surface area contributed by atoms with E-state index in [0.29, 0.717) is 17.7 Å². The third-order valence-electron chi connectivity index (χ3n) is 2.92. The fraction of sp³-hybridized carbons (Fsp3) is 0.500. The molecule has 1 aromatic rings. The predicted octanol–water partition coefficient (Wildman–Crippen LogP) is 2.55. The molecule has 1 aliphatic rings. The highest BCUT2D eigenvalue weighted by Gasteiger charge is 2.21. The lowest BCUT2D eigenvalue weighted by Crippen LogP contribution is -2.35. The Labute approximate surface area is 85.0 Å². The number of phenols is 1. The van der Waals surface area contributed by atoms with Crippen molar-refractivity contribution in [2.24, 2.45) is 0 Å². The Morgan fingerprint density at radius 3 is 2.64 bits per heavy atom. The van der Waals surface area contributed by atoms with Crippen LogP contribution < -0.4 is 5.32 Å². The fourth-order valence-electron chi connectivity index (χ4n) is 1.77. The van der Waals surface area contributed by atoms with Gasteiger partial charge in [0.25, 0.3) is 0 Å². The highest BCUT2D eigenvalue weighted by molar-refractivity contribution is 5.40. The van der Waals surface area contributed by atoms with E-state index >= 15 is 0 Å². The number of aromatic hydroxyl groups is 1. The lowest BCUT2D eigenvalue weighted by molar-refractivity contribution is 0.364. The zero-order chi connectivity index (χ0) is 10.1. The average Bonchev–Trinajstić information content (AvgIpc) is 2.05. The van der Waals surface area contributed by atoms with Gasteiger partial charge in [-0.25, -0.2) is 0 Å². The van der Waals surface area contributed by atoms with Crippen molar-refractivity contribution < 1.29 is 5.11 Å². The highest BCUT2D eigenvalue weighted by atomic mass is 16.3. The second-order valence-corrected chi connectivity index (χ2v) is 4.27. The van der Waals surface area contributed by atoms with E-state index in [0.717, 1.165) is 18.5 Å². The number of hydrogen-bond acceptors (Lipinski definition) is 2. The van der Waals surface area contributed by atoms with Crippen LogP contribution in [0.1, 0.15) is 43.4 Å². The van der Waals surface area contributed by atoms with Crippen LogP contribution in [0.15, 0.2) is 18.2 Å². The van der Waals surface area contributed by atoms with Crippen molar-refractivity contribution >= 4 is 0 Å². The van der Waals surface area contributed by atoms with Gasteiger partial charge in [-0.3, -0.25) is 0 Å². The van der Waals surface area contributed by atoms with E-state index in [4.69, 9.17) is 0 Å². The summed E-state index contributed by atoms with van der Waals surface area (Å²) in [6.45, 7) is 5.41. The summed E-state index contributed by atoms with van der Waals surface area (Å²) in [5.74, 6) is 0.945. The molecule has 1 fully saturated rings. The fourth-order valence-corrected chi connectivity index (χ4v) is 1.77. The number of rotatable bonds is 2. The Bertz CT molecular complexity index is 329. The predicted molar refractivity (Wildman–Crippen MR) is 57.6 cm³/mol. The summed E-state index contributed by atoms with van der Waals surface area (Å²) in [6.07, 6.45) is 1.13. The summed E-state index contributed by atoms with van der Waals surface area (Å²) in [5.41, 5.74) is 2.36. The molecule has 2 N–H and O–H groups in total. The molecule has 1 aliphatic heterocycles. The SMILES string of the molecule is CC(C)c1ccc(O)c(C2CCN2)c1. The summed E-state index contributed by atoms with van der Waals surface area (Å²) < 4.78 is 0. The molecule has 1 heterocycles. The molecule has 0 radical (unpaired) electrons. The first-order valence-electron chi connectivity index (χ1n) is 5.24. The van der Waals surface area contributed by atoms with Gasteiger partial charge >= 0.3 is 0 Å². The maximum Gasteiger partial charge on any atom is 0.120 e. The van der Waals surface area contributed by atoms with Crippen LogP contribution in [0.4, 0.5) is 0 Å². The minimum absolute atomic E-state index is 0.369. The maximum absolute atomic E-state index is 9.71. The van der Waals surface area contributed by atoms with Gasteiger partial charge in [-0.2, -0.15) is 0 Å². The van der Waals surface area contributed by atoms with E-state index in [1.807, 2.05) is 12.1 Å². The first-order chi connectivity index (χ1) is 6.68. The summed E-state index contributed by atoms with van der Waals surface area (Å²) >= 11 is 0. The molecule has 0 bridgehead atoms. The number of nitrogens with one attached hydrogen (secondary N) is 1. The minimum Gasteiger partial charge on any atom is -0.508 e. The second-order valence-electron chi connectivity index (χ2n) is 4.27. The van der Waals surface area contributed by atoms with Gasteiger partial charge in [-0.05, 0) is 30.5 Å². The zero-order valence-electron chi connectivity index (χ0n) is 8.75. The van der Waals surface area contributed by atoms with Crippen LogP contribution in [0.2, 0.25) is 0 Å². The topological polar surface area (TPSA) is 32.3 Å².